The molecular formula is C25H27N3O3S. The third-order valence-corrected chi connectivity index (χ3v) is 5.77. The maximum atomic E-state index is 12.8. The van der Waals surface area contributed by atoms with E-state index in [0.29, 0.717) is 5.69 Å². The van der Waals surface area contributed by atoms with Crippen LogP contribution < -0.4 is 10.6 Å². The monoisotopic (exact) mass is 449 g/mol. The van der Waals surface area contributed by atoms with Gasteiger partial charge in [-0.2, -0.15) is 0 Å². The number of thioether (sulfide) groups is 1. The molecule has 1 atom stereocenters. The van der Waals surface area contributed by atoms with Crippen molar-refractivity contribution >= 4 is 29.4 Å². The SMILES string of the molecule is CC(C)[C@H](NC(=O)OCc1ccccc1)C(=O)Nc1ccc(SCc2cccnc2)cc1. The molecule has 0 spiro atoms. The second kappa shape index (κ2) is 11.9. The van der Waals surface area contributed by atoms with E-state index in [-0.39, 0.29) is 18.4 Å². The summed E-state index contributed by atoms with van der Waals surface area (Å²) in [4.78, 5) is 30.2. The van der Waals surface area contributed by atoms with Gasteiger partial charge in [-0.3, -0.25) is 9.78 Å². The number of anilines is 1. The van der Waals surface area contributed by atoms with Crippen LogP contribution in [0.25, 0.3) is 0 Å². The van der Waals surface area contributed by atoms with E-state index >= 15 is 0 Å². The number of nitrogens with zero attached hydrogens (tertiary/aromatic N) is 1. The predicted molar refractivity (Wildman–Crippen MR) is 127 cm³/mol. The van der Waals surface area contributed by atoms with E-state index in [9.17, 15) is 9.59 Å². The van der Waals surface area contributed by atoms with Crippen molar-refractivity contribution < 1.29 is 14.3 Å². The minimum atomic E-state index is -0.710. The zero-order valence-corrected chi connectivity index (χ0v) is 19.0. The number of rotatable bonds is 9. The molecule has 1 heterocycles. The second-order valence-corrected chi connectivity index (χ2v) is 8.64. The maximum absolute atomic E-state index is 12.8. The van der Waals surface area contributed by atoms with E-state index in [0.717, 1.165) is 21.8 Å². The fraction of sp³-hybridized carbons (Fsp3) is 0.240. The first-order valence-corrected chi connectivity index (χ1v) is 11.4. The van der Waals surface area contributed by atoms with Crippen LogP contribution in [0.4, 0.5) is 10.5 Å². The van der Waals surface area contributed by atoms with Gasteiger partial charge < -0.3 is 15.4 Å². The predicted octanol–water partition coefficient (Wildman–Crippen LogP) is 5.26. The van der Waals surface area contributed by atoms with E-state index in [2.05, 4.69) is 15.6 Å². The number of ether oxygens (including phenoxy) is 1. The molecule has 3 rings (SSSR count). The summed E-state index contributed by atoms with van der Waals surface area (Å²) in [6, 6.07) is 20.3. The van der Waals surface area contributed by atoms with Crippen molar-refractivity contribution in [1.29, 1.82) is 0 Å². The minimum absolute atomic E-state index is 0.103. The quantitative estimate of drug-likeness (QED) is 0.435. The first kappa shape index (κ1) is 23.3. The smallest absolute Gasteiger partial charge is 0.408 e. The first-order chi connectivity index (χ1) is 15.5. The summed E-state index contributed by atoms with van der Waals surface area (Å²) >= 11 is 1.70. The number of carbonyl (C=O) groups excluding carboxylic acids is 2. The average molecular weight is 450 g/mol. The van der Waals surface area contributed by atoms with Crippen molar-refractivity contribution in [2.75, 3.05) is 5.32 Å². The Kier molecular flexibility index (Phi) is 8.69. The molecule has 2 amide bonds. The number of pyridine rings is 1. The molecule has 2 N–H and O–H groups in total. The lowest BCUT2D eigenvalue weighted by atomic mass is 10.0. The van der Waals surface area contributed by atoms with Gasteiger partial charge in [-0.25, -0.2) is 4.79 Å². The first-order valence-electron chi connectivity index (χ1n) is 10.4. The molecule has 0 unspecified atom stereocenters. The van der Waals surface area contributed by atoms with Crippen LogP contribution in [0.1, 0.15) is 25.0 Å². The van der Waals surface area contributed by atoms with Gasteiger partial charge in [0.05, 0.1) is 0 Å². The zero-order valence-electron chi connectivity index (χ0n) is 18.2. The van der Waals surface area contributed by atoms with Crippen LogP contribution in [0.3, 0.4) is 0 Å². The van der Waals surface area contributed by atoms with Crippen molar-refractivity contribution in [3.63, 3.8) is 0 Å². The molecule has 0 saturated heterocycles. The summed E-state index contributed by atoms with van der Waals surface area (Å²) in [7, 11) is 0. The highest BCUT2D eigenvalue weighted by molar-refractivity contribution is 7.98. The second-order valence-electron chi connectivity index (χ2n) is 7.59. The number of benzene rings is 2. The molecule has 2 aromatic carbocycles. The van der Waals surface area contributed by atoms with Gasteiger partial charge in [0, 0.05) is 28.7 Å². The minimum Gasteiger partial charge on any atom is -0.445 e. The summed E-state index contributed by atoms with van der Waals surface area (Å²) < 4.78 is 5.25. The lowest BCUT2D eigenvalue weighted by Crippen LogP contribution is -2.47. The van der Waals surface area contributed by atoms with Gasteiger partial charge in [-0.1, -0.05) is 50.2 Å². The fourth-order valence-electron chi connectivity index (χ4n) is 2.93. The van der Waals surface area contributed by atoms with E-state index in [1.165, 1.54) is 0 Å². The largest absolute Gasteiger partial charge is 0.445 e. The highest BCUT2D eigenvalue weighted by atomic mass is 32.2. The van der Waals surface area contributed by atoms with E-state index in [4.69, 9.17) is 4.74 Å². The lowest BCUT2D eigenvalue weighted by Gasteiger charge is -2.21. The molecule has 0 radical (unpaired) electrons. The molecule has 32 heavy (non-hydrogen) atoms. The summed E-state index contributed by atoms with van der Waals surface area (Å²) in [6.07, 6.45) is 2.99. The van der Waals surface area contributed by atoms with Gasteiger partial charge in [0.15, 0.2) is 0 Å². The van der Waals surface area contributed by atoms with Gasteiger partial charge in [0.25, 0.3) is 0 Å². The van der Waals surface area contributed by atoms with Crippen LogP contribution in [-0.4, -0.2) is 23.0 Å². The van der Waals surface area contributed by atoms with Gasteiger partial charge in [0.2, 0.25) is 5.91 Å². The van der Waals surface area contributed by atoms with Crippen LogP contribution >= 0.6 is 11.8 Å². The molecular weight excluding hydrogens is 422 g/mol. The highest BCUT2D eigenvalue weighted by Gasteiger charge is 2.25. The summed E-state index contributed by atoms with van der Waals surface area (Å²) in [5.41, 5.74) is 2.71. The Balaban J connectivity index is 1.50. The molecule has 7 heteroatoms. The number of alkyl carbamates (subject to hydrolysis) is 1. The Hall–Kier alpha value is -3.32. The molecule has 0 saturated carbocycles. The van der Waals surface area contributed by atoms with Crippen LogP contribution in [0.5, 0.6) is 0 Å². The molecule has 0 aliphatic carbocycles. The van der Waals surface area contributed by atoms with Crippen molar-refractivity contribution in [1.82, 2.24) is 10.3 Å². The average Bonchev–Trinajstić information content (AvgIpc) is 2.82. The van der Waals surface area contributed by atoms with Gasteiger partial charge in [-0.05, 0) is 47.4 Å². The molecule has 0 aliphatic heterocycles. The molecule has 0 fully saturated rings. The van der Waals surface area contributed by atoms with Crippen LogP contribution in [-0.2, 0) is 21.9 Å². The van der Waals surface area contributed by atoms with Crippen molar-refractivity contribution in [2.24, 2.45) is 5.92 Å². The topological polar surface area (TPSA) is 80.3 Å². The number of carbonyl (C=O) groups is 2. The van der Waals surface area contributed by atoms with E-state index in [1.54, 1.807) is 18.0 Å². The van der Waals surface area contributed by atoms with Crippen LogP contribution in [0, 0.1) is 5.92 Å². The van der Waals surface area contributed by atoms with E-state index in [1.807, 2.05) is 86.8 Å². The molecule has 0 aliphatic rings. The molecule has 6 nitrogen and oxygen atoms in total. The third-order valence-electron chi connectivity index (χ3n) is 4.69. The van der Waals surface area contributed by atoms with Gasteiger partial charge in [-0.15, -0.1) is 11.8 Å². The maximum Gasteiger partial charge on any atom is 0.408 e. The number of aromatic nitrogens is 1. The van der Waals surface area contributed by atoms with E-state index < -0.39 is 12.1 Å². The molecule has 166 valence electrons. The van der Waals surface area contributed by atoms with Crippen LogP contribution in [0.15, 0.2) is 84.0 Å². The normalized spacial score (nSPS) is 11.6. The Bertz CT molecular complexity index is 996. The number of amides is 2. The van der Waals surface area contributed by atoms with Crippen molar-refractivity contribution in [2.45, 2.75) is 37.1 Å². The van der Waals surface area contributed by atoms with Crippen molar-refractivity contribution in [3.8, 4) is 0 Å². The Morgan fingerprint density at radius 2 is 1.69 bits per heavy atom. The molecule has 1 aromatic heterocycles. The summed E-state index contributed by atoms with van der Waals surface area (Å²) in [6.45, 7) is 3.90. The van der Waals surface area contributed by atoms with Crippen LogP contribution in [0.2, 0.25) is 0 Å². The standard InChI is InChI=1S/C25H27N3O3S/c1-18(2)23(28-25(30)31-16-19-7-4-3-5-8-19)24(29)27-21-10-12-22(13-11-21)32-17-20-9-6-14-26-15-20/h3-15,18,23H,16-17H2,1-2H3,(H,27,29)(H,28,30)/t23-/m0/s1. The van der Waals surface area contributed by atoms with Crippen molar-refractivity contribution in [3.05, 3.63) is 90.3 Å². The zero-order chi connectivity index (χ0) is 22.8. The number of hydrogen-bond donors (Lipinski definition) is 2. The summed E-state index contributed by atoms with van der Waals surface area (Å²) in [5, 5.41) is 5.55. The Labute approximate surface area is 192 Å². The lowest BCUT2D eigenvalue weighted by molar-refractivity contribution is -0.119. The summed E-state index contributed by atoms with van der Waals surface area (Å²) in [5.74, 6) is 0.435. The number of nitrogens with one attached hydrogen (secondary N) is 2. The highest BCUT2D eigenvalue weighted by Crippen LogP contribution is 2.24. The third kappa shape index (κ3) is 7.42. The Morgan fingerprint density at radius 3 is 2.34 bits per heavy atom. The number of hydrogen-bond acceptors (Lipinski definition) is 5. The van der Waals surface area contributed by atoms with Gasteiger partial charge in [0.1, 0.15) is 12.6 Å². The molecule has 3 aromatic rings. The molecule has 0 bridgehead atoms. The Morgan fingerprint density at radius 1 is 0.969 bits per heavy atom. The van der Waals surface area contributed by atoms with Gasteiger partial charge >= 0.3 is 6.09 Å². The fourth-order valence-corrected chi connectivity index (χ4v) is 3.76.